The molecule has 0 saturated carbocycles. The Hall–Kier alpha value is -2.66. The smallest absolute Gasteiger partial charge is 0.254 e. The minimum absolute atomic E-state index is 0.0440. The van der Waals surface area contributed by atoms with Crippen LogP contribution in [0.15, 0.2) is 54.6 Å². The van der Waals surface area contributed by atoms with Gasteiger partial charge in [0.2, 0.25) is 5.91 Å². The topological polar surface area (TPSA) is 58.6 Å². The van der Waals surface area contributed by atoms with Gasteiger partial charge in [0.05, 0.1) is 25.2 Å². The van der Waals surface area contributed by atoms with Gasteiger partial charge in [0.15, 0.2) is 0 Å². The maximum absolute atomic E-state index is 12.9. The number of ether oxygens (including phenoxy) is 1. The minimum atomic E-state index is -0.345. The first-order chi connectivity index (χ1) is 12.5. The zero-order chi connectivity index (χ0) is 18.6. The number of carbonyl (C=O) groups excluding carboxylic acids is 2. The van der Waals surface area contributed by atoms with Gasteiger partial charge in [0.25, 0.3) is 5.91 Å². The quantitative estimate of drug-likeness (QED) is 0.920. The molecule has 1 aliphatic heterocycles. The SMILES string of the molecule is CC1(C)COCCN1C(=O)c1cccc(NC(=O)Cc2ccccc2)c1. The van der Waals surface area contributed by atoms with E-state index in [1.807, 2.05) is 49.1 Å². The molecule has 1 saturated heterocycles. The van der Waals surface area contributed by atoms with Crippen LogP contribution < -0.4 is 5.32 Å². The third kappa shape index (κ3) is 4.29. The molecule has 1 heterocycles. The van der Waals surface area contributed by atoms with Gasteiger partial charge in [-0.3, -0.25) is 9.59 Å². The van der Waals surface area contributed by atoms with Crippen molar-refractivity contribution in [3.63, 3.8) is 0 Å². The summed E-state index contributed by atoms with van der Waals surface area (Å²) in [5.41, 5.74) is 1.80. The Morgan fingerprint density at radius 2 is 1.88 bits per heavy atom. The van der Waals surface area contributed by atoms with E-state index in [4.69, 9.17) is 4.74 Å². The highest BCUT2D eigenvalue weighted by molar-refractivity contribution is 5.98. The van der Waals surface area contributed by atoms with Crippen molar-refractivity contribution in [2.24, 2.45) is 0 Å². The number of hydrogen-bond donors (Lipinski definition) is 1. The molecule has 2 aromatic rings. The maximum atomic E-state index is 12.9. The summed E-state index contributed by atoms with van der Waals surface area (Å²) in [7, 11) is 0. The van der Waals surface area contributed by atoms with Crippen molar-refractivity contribution in [2.75, 3.05) is 25.1 Å². The number of hydrogen-bond acceptors (Lipinski definition) is 3. The van der Waals surface area contributed by atoms with Crippen LogP contribution >= 0.6 is 0 Å². The molecule has 1 aliphatic rings. The number of amides is 2. The summed E-state index contributed by atoms with van der Waals surface area (Å²) in [5, 5.41) is 2.87. The molecule has 5 heteroatoms. The summed E-state index contributed by atoms with van der Waals surface area (Å²) in [4.78, 5) is 27.0. The largest absolute Gasteiger partial charge is 0.377 e. The van der Waals surface area contributed by atoms with Crippen LogP contribution in [0.25, 0.3) is 0 Å². The predicted octanol–water partition coefficient (Wildman–Crippen LogP) is 3.12. The number of benzene rings is 2. The van der Waals surface area contributed by atoms with Crippen molar-refractivity contribution < 1.29 is 14.3 Å². The lowest BCUT2D eigenvalue weighted by Gasteiger charge is -2.42. The number of morpholine rings is 1. The Morgan fingerprint density at radius 1 is 1.12 bits per heavy atom. The van der Waals surface area contributed by atoms with Gasteiger partial charge >= 0.3 is 0 Å². The van der Waals surface area contributed by atoms with Crippen molar-refractivity contribution in [2.45, 2.75) is 25.8 Å². The fourth-order valence-corrected chi connectivity index (χ4v) is 3.11. The van der Waals surface area contributed by atoms with E-state index >= 15 is 0 Å². The average molecular weight is 352 g/mol. The number of nitrogens with one attached hydrogen (secondary N) is 1. The molecule has 5 nitrogen and oxygen atoms in total. The van der Waals surface area contributed by atoms with Crippen LogP contribution in [0.2, 0.25) is 0 Å². The number of rotatable bonds is 4. The summed E-state index contributed by atoms with van der Waals surface area (Å²) < 4.78 is 5.48. The van der Waals surface area contributed by atoms with E-state index in [2.05, 4.69) is 5.32 Å². The highest BCUT2D eigenvalue weighted by Gasteiger charge is 2.34. The first-order valence-corrected chi connectivity index (χ1v) is 8.79. The molecule has 3 rings (SSSR count). The minimum Gasteiger partial charge on any atom is -0.377 e. The molecule has 1 N–H and O–H groups in total. The molecular weight excluding hydrogens is 328 g/mol. The Balaban J connectivity index is 1.69. The lowest BCUT2D eigenvalue weighted by Crippen LogP contribution is -2.55. The third-order valence-electron chi connectivity index (χ3n) is 4.49. The van der Waals surface area contributed by atoms with Crippen molar-refractivity contribution in [3.05, 3.63) is 65.7 Å². The van der Waals surface area contributed by atoms with Crippen molar-refractivity contribution in [3.8, 4) is 0 Å². The van der Waals surface area contributed by atoms with E-state index in [1.165, 1.54) is 0 Å². The molecular formula is C21H24N2O3. The predicted molar refractivity (Wildman–Crippen MR) is 101 cm³/mol. The number of nitrogens with zero attached hydrogens (tertiary/aromatic N) is 1. The van der Waals surface area contributed by atoms with E-state index in [0.29, 0.717) is 37.4 Å². The Bertz CT molecular complexity index is 787. The second kappa shape index (κ2) is 7.70. The fraction of sp³-hybridized carbons (Fsp3) is 0.333. The van der Waals surface area contributed by atoms with Gasteiger partial charge in [-0.25, -0.2) is 0 Å². The van der Waals surface area contributed by atoms with Gasteiger partial charge in [-0.1, -0.05) is 36.4 Å². The van der Waals surface area contributed by atoms with Crippen LogP contribution in [0, 0.1) is 0 Å². The first-order valence-electron chi connectivity index (χ1n) is 8.79. The molecule has 1 fully saturated rings. The van der Waals surface area contributed by atoms with Gasteiger partial charge in [-0.05, 0) is 37.6 Å². The highest BCUT2D eigenvalue weighted by atomic mass is 16.5. The second-order valence-electron chi connectivity index (χ2n) is 7.11. The second-order valence-corrected chi connectivity index (χ2v) is 7.11. The zero-order valence-corrected chi connectivity index (χ0v) is 15.2. The summed E-state index contributed by atoms with van der Waals surface area (Å²) >= 11 is 0. The van der Waals surface area contributed by atoms with Crippen LogP contribution in [0.3, 0.4) is 0 Å². The van der Waals surface area contributed by atoms with E-state index in [-0.39, 0.29) is 17.4 Å². The molecule has 2 amide bonds. The van der Waals surface area contributed by atoms with Crippen molar-refractivity contribution in [1.29, 1.82) is 0 Å². The Kier molecular flexibility index (Phi) is 5.38. The molecule has 2 aromatic carbocycles. The standard InChI is InChI=1S/C21H24N2O3/c1-21(2)15-26-12-11-23(21)20(25)17-9-6-10-18(14-17)22-19(24)13-16-7-4-3-5-8-16/h3-10,14H,11-13,15H2,1-2H3,(H,22,24). The lowest BCUT2D eigenvalue weighted by atomic mass is 10.0. The summed E-state index contributed by atoms with van der Waals surface area (Å²) in [6.07, 6.45) is 0.301. The lowest BCUT2D eigenvalue weighted by molar-refractivity contribution is -0.115. The van der Waals surface area contributed by atoms with Crippen LogP contribution in [-0.2, 0) is 16.0 Å². The molecule has 0 bridgehead atoms. The van der Waals surface area contributed by atoms with Gasteiger partial charge in [0.1, 0.15) is 0 Å². The van der Waals surface area contributed by atoms with Crippen molar-refractivity contribution >= 4 is 17.5 Å². The van der Waals surface area contributed by atoms with E-state index in [1.54, 1.807) is 24.3 Å². The van der Waals surface area contributed by atoms with Crippen molar-refractivity contribution in [1.82, 2.24) is 4.90 Å². The molecule has 0 unspecified atom stereocenters. The van der Waals surface area contributed by atoms with Crippen LogP contribution in [0.5, 0.6) is 0 Å². The fourth-order valence-electron chi connectivity index (χ4n) is 3.11. The first kappa shape index (κ1) is 18.1. The van der Waals surface area contributed by atoms with Crippen LogP contribution in [-0.4, -0.2) is 42.0 Å². The molecule has 0 atom stereocenters. The zero-order valence-electron chi connectivity index (χ0n) is 15.2. The van der Waals surface area contributed by atoms with Gasteiger partial charge in [-0.15, -0.1) is 0 Å². The molecule has 0 radical (unpaired) electrons. The van der Waals surface area contributed by atoms with Gasteiger partial charge in [-0.2, -0.15) is 0 Å². The van der Waals surface area contributed by atoms with Crippen LogP contribution in [0.1, 0.15) is 29.8 Å². The summed E-state index contributed by atoms with van der Waals surface area (Å²) in [5.74, 6) is -0.148. The van der Waals surface area contributed by atoms with E-state index < -0.39 is 0 Å². The molecule has 136 valence electrons. The third-order valence-corrected chi connectivity index (χ3v) is 4.49. The van der Waals surface area contributed by atoms with Crippen LogP contribution in [0.4, 0.5) is 5.69 Å². The average Bonchev–Trinajstić information content (AvgIpc) is 2.62. The number of carbonyl (C=O) groups is 2. The number of anilines is 1. The normalized spacial score (nSPS) is 16.2. The molecule has 26 heavy (non-hydrogen) atoms. The molecule has 0 aliphatic carbocycles. The Morgan fingerprint density at radius 3 is 2.62 bits per heavy atom. The van der Waals surface area contributed by atoms with E-state index in [9.17, 15) is 9.59 Å². The molecule has 0 spiro atoms. The maximum Gasteiger partial charge on any atom is 0.254 e. The Labute approximate surface area is 154 Å². The van der Waals surface area contributed by atoms with E-state index in [0.717, 1.165) is 5.56 Å². The highest BCUT2D eigenvalue weighted by Crippen LogP contribution is 2.23. The summed E-state index contributed by atoms with van der Waals surface area (Å²) in [6, 6.07) is 16.7. The monoisotopic (exact) mass is 352 g/mol. The van der Waals surface area contributed by atoms with Gasteiger partial charge in [0, 0.05) is 17.8 Å². The summed E-state index contributed by atoms with van der Waals surface area (Å²) in [6.45, 7) is 5.62. The molecule has 0 aromatic heterocycles. The van der Waals surface area contributed by atoms with Gasteiger partial charge < -0.3 is 15.0 Å².